The van der Waals surface area contributed by atoms with Gasteiger partial charge in [0.2, 0.25) is 5.91 Å². The first kappa shape index (κ1) is 35.0. The average Bonchev–Trinajstić information content (AvgIpc) is 3.46. The number of phenols is 1. The summed E-state index contributed by atoms with van der Waals surface area (Å²) in [6.07, 6.45) is -8.80. The third kappa shape index (κ3) is 7.90. The zero-order valence-electron chi connectivity index (χ0n) is 24.1. The van der Waals surface area contributed by atoms with Crippen LogP contribution in [-0.4, -0.2) is 43.8 Å². The second kappa shape index (κ2) is 12.7. The summed E-state index contributed by atoms with van der Waals surface area (Å²) in [6.45, 7) is 5.16. The van der Waals surface area contributed by atoms with E-state index in [4.69, 9.17) is 17.3 Å². The van der Waals surface area contributed by atoms with Crippen LogP contribution in [0.2, 0.25) is 0 Å². The van der Waals surface area contributed by atoms with Crippen molar-refractivity contribution in [1.29, 1.82) is 0 Å². The summed E-state index contributed by atoms with van der Waals surface area (Å²) in [5.74, 6) is -3.00. The summed E-state index contributed by atoms with van der Waals surface area (Å²) in [7, 11) is 0. The highest BCUT2D eigenvalue weighted by Gasteiger charge is 2.38. The van der Waals surface area contributed by atoms with Crippen LogP contribution in [0, 0.1) is 0 Å². The number of carboxylic acids is 1. The Morgan fingerprint density at radius 2 is 1.59 bits per heavy atom. The number of amides is 2. The van der Waals surface area contributed by atoms with Crippen molar-refractivity contribution in [2.45, 2.75) is 45.0 Å². The van der Waals surface area contributed by atoms with E-state index in [1.165, 1.54) is 23.1 Å². The number of hydrogen-bond acceptors (Lipinski definition) is 7. The molecule has 0 atom stereocenters. The van der Waals surface area contributed by atoms with Gasteiger partial charge in [0.05, 0.1) is 16.0 Å². The number of halogens is 6. The third-order valence-electron chi connectivity index (χ3n) is 6.55. The van der Waals surface area contributed by atoms with E-state index in [1.54, 1.807) is 20.8 Å². The van der Waals surface area contributed by atoms with Crippen molar-refractivity contribution in [3.8, 4) is 16.9 Å². The van der Waals surface area contributed by atoms with Crippen molar-refractivity contribution in [1.82, 2.24) is 4.90 Å². The molecule has 1 aromatic heterocycles. The summed E-state index contributed by atoms with van der Waals surface area (Å²) in [6, 6.07) is 6.31. The quantitative estimate of drug-likeness (QED) is 0.129. The zero-order valence-corrected chi connectivity index (χ0v) is 26.5. The van der Waals surface area contributed by atoms with E-state index in [2.05, 4.69) is 5.32 Å². The molecule has 2 aromatic carbocycles. The molecule has 0 saturated carbocycles. The molecule has 244 valence electrons. The fourth-order valence-corrected chi connectivity index (χ4v) is 6.97. The standard InChI is InChI=1S/C30H24F6N2O5S3/c1-28(2,3)24-20(14-8-15(29(31,32)33)10-16(9-14)30(34,35)36)12-18(45-24)13-22-25(41)38(27(44)46-22)7-6-23(40)37-17-4-5-19(26(42)43)21(39)11-17/h4-5,8-13,39H,6-7H2,1-3H3,(H,37,40)(H,42,43). The summed E-state index contributed by atoms with van der Waals surface area (Å²) >= 11 is 7.35. The first-order valence-electron chi connectivity index (χ1n) is 13.2. The van der Waals surface area contributed by atoms with Crippen LogP contribution in [0.4, 0.5) is 32.0 Å². The molecule has 3 aromatic rings. The summed E-state index contributed by atoms with van der Waals surface area (Å²) in [5, 5.41) is 21.3. The summed E-state index contributed by atoms with van der Waals surface area (Å²) in [4.78, 5) is 38.9. The lowest BCUT2D eigenvalue weighted by molar-refractivity contribution is -0.143. The predicted octanol–water partition coefficient (Wildman–Crippen LogP) is 8.38. The third-order valence-corrected chi connectivity index (χ3v) is 9.44. The lowest BCUT2D eigenvalue weighted by atomic mass is 9.88. The highest BCUT2D eigenvalue weighted by atomic mass is 32.2. The van der Waals surface area contributed by atoms with Gasteiger partial charge in [-0.3, -0.25) is 14.5 Å². The number of nitrogens with one attached hydrogen (secondary N) is 1. The maximum absolute atomic E-state index is 13.6. The molecule has 46 heavy (non-hydrogen) atoms. The number of carboxylic acid groups (broad SMARTS) is 1. The van der Waals surface area contributed by atoms with Crippen LogP contribution >= 0.6 is 35.3 Å². The van der Waals surface area contributed by atoms with E-state index < -0.39 is 52.4 Å². The normalized spacial score (nSPS) is 15.2. The van der Waals surface area contributed by atoms with E-state index in [1.807, 2.05) is 0 Å². The van der Waals surface area contributed by atoms with Gasteiger partial charge in [0.1, 0.15) is 15.6 Å². The van der Waals surface area contributed by atoms with Crippen LogP contribution in [0.25, 0.3) is 17.2 Å². The average molecular weight is 703 g/mol. The van der Waals surface area contributed by atoms with Crippen LogP contribution in [0.3, 0.4) is 0 Å². The fraction of sp³-hybridized carbons (Fsp3) is 0.267. The number of carbonyl (C=O) groups is 3. The first-order chi connectivity index (χ1) is 21.1. The van der Waals surface area contributed by atoms with Crippen LogP contribution in [0.1, 0.15) is 58.4 Å². The minimum absolute atomic E-state index is 0.0675. The number of aromatic hydroxyl groups is 1. The van der Waals surface area contributed by atoms with Gasteiger partial charge in [-0.2, -0.15) is 26.3 Å². The second-order valence-corrected chi connectivity index (χ2v) is 13.9. The zero-order chi connectivity index (χ0) is 34.4. The molecule has 1 aliphatic heterocycles. The fourth-order valence-electron chi connectivity index (χ4n) is 4.41. The van der Waals surface area contributed by atoms with Crippen molar-refractivity contribution in [2.24, 2.45) is 0 Å². The van der Waals surface area contributed by atoms with E-state index in [0.29, 0.717) is 21.9 Å². The molecule has 3 N–H and O–H groups in total. The van der Waals surface area contributed by atoms with E-state index >= 15 is 0 Å². The molecule has 0 radical (unpaired) electrons. The minimum Gasteiger partial charge on any atom is -0.507 e. The number of thiophene rings is 1. The number of rotatable bonds is 7. The molecule has 1 fully saturated rings. The molecule has 16 heteroatoms. The predicted molar refractivity (Wildman–Crippen MR) is 167 cm³/mol. The van der Waals surface area contributed by atoms with Gasteiger partial charge >= 0.3 is 18.3 Å². The second-order valence-electron chi connectivity index (χ2n) is 11.1. The van der Waals surface area contributed by atoms with Gasteiger partial charge in [0.15, 0.2) is 0 Å². The van der Waals surface area contributed by atoms with E-state index in [-0.39, 0.29) is 50.6 Å². The summed E-state index contributed by atoms with van der Waals surface area (Å²) < 4.78 is 81.6. The molecule has 7 nitrogen and oxygen atoms in total. The molecule has 1 saturated heterocycles. The van der Waals surface area contributed by atoms with Gasteiger partial charge in [0.25, 0.3) is 5.91 Å². The van der Waals surface area contributed by atoms with Crippen LogP contribution in [-0.2, 0) is 27.4 Å². The van der Waals surface area contributed by atoms with Gasteiger partial charge in [-0.05, 0) is 59.0 Å². The van der Waals surface area contributed by atoms with Crippen molar-refractivity contribution in [2.75, 3.05) is 11.9 Å². The molecule has 2 amide bonds. The maximum Gasteiger partial charge on any atom is 0.416 e. The molecular formula is C30H24F6N2O5S3. The minimum atomic E-state index is -5.02. The Morgan fingerprint density at radius 3 is 2.11 bits per heavy atom. The largest absolute Gasteiger partial charge is 0.507 e. The number of nitrogens with zero attached hydrogens (tertiary/aromatic N) is 1. The van der Waals surface area contributed by atoms with Gasteiger partial charge in [-0.15, -0.1) is 11.3 Å². The van der Waals surface area contributed by atoms with Crippen molar-refractivity contribution in [3.05, 3.63) is 73.8 Å². The molecule has 0 bridgehead atoms. The van der Waals surface area contributed by atoms with Gasteiger partial charge in [0, 0.05) is 34.5 Å². The molecule has 0 spiro atoms. The van der Waals surface area contributed by atoms with E-state index in [0.717, 1.165) is 35.2 Å². The first-order valence-corrected chi connectivity index (χ1v) is 15.2. The Balaban J connectivity index is 1.58. The highest BCUT2D eigenvalue weighted by Crippen LogP contribution is 2.45. The number of carbonyl (C=O) groups excluding carboxylic acids is 2. The van der Waals surface area contributed by atoms with Crippen molar-refractivity contribution < 1.29 is 50.9 Å². The molecular weight excluding hydrogens is 679 g/mol. The highest BCUT2D eigenvalue weighted by molar-refractivity contribution is 8.26. The lowest BCUT2D eigenvalue weighted by Crippen LogP contribution is -2.31. The number of benzene rings is 2. The monoisotopic (exact) mass is 702 g/mol. The van der Waals surface area contributed by atoms with E-state index in [9.17, 15) is 45.8 Å². The Hall–Kier alpha value is -3.89. The number of alkyl halides is 6. The maximum atomic E-state index is 13.6. The number of thioether (sulfide) groups is 1. The topological polar surface area (TPSA) is 107 Å². The smallest absolute Gasteiger partial charge is 0.416 e. The van der Waals surface area contributed by atoms with Crippen molar-refractivity contribution >= 4 is 69.2 Å². The van der Waals surface area contributed by atoms with Crippen LogP contribution in [0.5, 0.6) is 5.75 Å². The van der Waals surface area contributed by atoms with Crippen LogP contribution in [0.15, 0.2) is 47.4 Å². The number of thiocarbonyl (C=S) groups is 1. The number of hydrogen-bond donors (Lipinski definition) is 3. The molecule has 2 heterocycles. The van der Waals surface area contributed by atoms with Crippen molar-refractivity contribution in [3.63, 3.8) is 0 Å². The lowest BCUT2D eigenvalue weighted by Gasteiger charge is -2.20. The molecule has 0 unspecified atom stereocenters. The molecule has 0 aliphatic carbocycles. The van der Waals surface area contributed by atoms with Gasteiger partial charge < -0.3 is 15.5 Å². The Bertz CT molecular complexity index is 1740. The molecule has 1 aliphatic rings. The van der Waals surface area contributed by atoms with Crippen LogP contribution < -0.4 is 5.32 Å². The number of anilines is 1. The Labute approximate surface area is 271 Å². The van der Waals surface area contributed by atoms with Gasteiger partial charge in [-0.1, -0.05) is 44.8 Å². The van der Waals surface area contributed by atoms with Gasteiger partial charge in [-0.25, -0.2) is 4.79 Å². The molecule has 4 rings (SSSR count). The Morgan fingerprint density at radius 1 is 0.978 bits per heavy atom. The summed E-state index contributed by atoms with van der Waals surface area (Å²) in [5.41, 5.74) is -3.90. The SMILES string of the molecule is CC(C)(C)c1sc(C=C2SC(=S)N(CCC(=O)Nc3ccc(C(=O)O)c(O)c3)C2=O)cc1-c1cc(C(F)(F)F)cc(C(F)(F)F)c1. The number of aromatic carboxylic acids is 1. The Kier molecular flexibility index (Phi) is 9.67.